The summed E-state index contributed by atoms with van der Waals surface area (Å²) in [5.41, 5.74) is 9.08. The van der Waals surface area contributed by atoms with Gasteiger partial charge in [0, 0.05) is 48.1 Å². The maximum atomic E-state index is 6.58. The monoisotopic (exact) mass is 693 g/mol. The molecule has 12 rings (SSSR count). The van der Waals surface area contributed by atoms with Crippen LogP contribution in [0.5, 0.6) is 0 Å². The Balaban J connectivity index is 1.21. The minimum Gasteiger partial charge on any atom is -0.456 e. The number of aromatic nitrogens is 3. The van der Waals surface area contributed by atoms with Crippen LogP contribution in [0.4, 0.5) is 0 Å². The van der Waals surface area contributed by atoms with E-state index >= 15 is 0 Å². The molecule has 0 aliphatic heterocycles. The second-order valence-corrected chi connectivity index (χ2v) is 14.8. The molecule has 0 saturated heterocycles. The summed E-state index contributed by atoms with van der Waals surface area (Å²) in [6.07, 6.45) is 0. The third-order valence-corrected chi connectivity index (χ3v) is 12.0. The van der Waals surface area contributed by atoms with E-state index in [0.717, 1.165) is 87.1 Å². The molecule has 0 atom stereocenters. The summed E-state index contributed by atoms with van der Waals surface area (Å²) in [7, 11) is 0. The normalized spacial score (nSPS) is 12.2. The van der Waals surface area contributed by atoms with Crippen molar-refractivity contribution in [2.24, 2.45) is 0 Å². The van der Waals surface area contributed by atoms with E-state index in [1.165, 1.54) is 20.9 Å². The predicted molar refractivity (Wildman–Crippen MR) is 222 cm³/mol. The molecule has 5 heteroatoms. The topological polar surface area (TPSA) is 43.9 Å². The third-order valence-electron chi connectivity index (χ3n) is 10.8. The van der Waals surface area contributed by atoms with E-state index in [-0.39, 0.29) is 0 Å². The molecule has 0 aliphatic carbocycles. The van der Waals surface area contributed by atoms with E-state index in [4.69, 9.17) is 14.4 Å². The molecule has 8 aromatic carbocycles. The average molecular weight is 694 g/mol. The molecule has 4 aromatic heterocycles. The summed E-state index contributed by atoms with van der Waals surface area (Å²) in [4.78, 5) is 11.0. The van der Waals surface area contributed by atoms with Crippen molar-refractivity contribution in [3.63, 3.8) is 0 Å². The lowest BCUT2D eigenvalue weighted by molar-refractivity contribution is 0.669. The van der Waals surface area contributed by atoms with Gasteiger partial charge in [0.05, 0.1) is 26.9 Å². The Bertz CT molecular complexity index is 3460. The van der Waals surface area contributed by atoms with Gasteiger partial charge in [0.15, 0.2) is 0 Å². The van der Waals surface area contributed by atoms with Crippen molar-refractivity contribution in [3.8, 4) is 28.3 Å². The van der Waals surface area contributed by atoms with Crippen molar-refractivity contribution in [2.45, 2.75) is 0 Å². The quantitative estimate of drug-likeness (QED) is 0.185. The highest BCUT2D eigenvalue weighted by molar-refractivity contribution is 7.26. The lowest BCUT2D eigenvalue weighted by Crippen LogP contribution is -2.04. The fraction of sp³-hybridized carbons (Fsp3) is 0. The Kier molecular flexibility index (Phi) is 5.90. The number of furan rings is 1. The molecule has 0 aliphatic rings. The van der Waals surface area contributed by atoms with Crippen molar-refractivity contribution in [1.29, 1.82) is 0 Å². The summed E-state index contributed by atoms with van der Waals surface area (Å²) < 4.78 is 11.2. The van der Waals surface area contributed by atoms with E-state index in [1.54, 1.807) is 11.3 Å². The van der Waals surface area contributed by atoms with Crippen LogP contribution in [0.15, 0.2) is 168 Å². The Morgan fingerprint density at radius 1 is 0.472 bits per heavy atom. The number of hydrogen-bond donors (Lipinski definition) is 0. The number of fused-ring (bicyclic) bond motifs is 13. The number of rotatable bonds is 3. The zero-order valence-electron chi connectivity index (χ0n) is 28.2. The lowest BCUT2D eigenvalue weighted by Gasteiger charge is -2.13. The van der Waals surface area contributed by atoms with Gasteiger partial charge in [0.2, 0.25) is 5.95 Å². The first-order valence-electron chi connectivity index (χ1n) is 17.8. The van der Waals surface area contributed by atoms with Gasteiger partial charge >= 0.3 is 0 Å². The molecule has 0 spiro atoms. The number of para-hydroxylation sites is 1. The van der Waals surface area contributed by atoms with Crippen molar-refractivity contribution < 1.29 is 4.42 Å². The Labute approximate surface area is 306 Å². The number of thiophene rings is 1. The molecule has 4 heterocycles. The molecule has 0 radical (unpaired) electrons. The molecule has 0 saturated carbocycles. The van der Waals surface area contributed by atoms with Crippen LogP contribution < -0.4 is 0 Å². The van der Waals surface area contributed by atoms with Gasteiger partial charge in [-0.15, -0.1) is 11.3 Å². The van der Waals surface area contributed by atoms with Crippen molar-refractivity contribution in [2.75, 3.05) is 0 Å². The van der Waals surface area contributed by atoms with Crippen LogP contribution in [0.1, 0.15) is 0 Å². The maximum absolute atomic E-state index is 6.58. The second-order valence-electron chi connectivity index (χ2n) is 13.7. The van der Waals surface area contributed by atoms with Gasteiger partial charge in [-0.2, -0.15) is 0 Å². The fourth-order valence-electron chi connectivity index (χ4n) is 8.44. The summed E-state index contributed by atoms with van der Waals surface area (Å²) in [6.45, 7) is 0. The average Bonchev–Trinajstić information content (AvgIpc) is 3.90. The Morgan fingerprint density at radius 2 is 1.17 bits per heavy atom. The Morgan fingerprint density at radius 3 is 2.06 bits per heavy atom. The number of benzene rings is 8. The van der Waals surface area contributed by atoms with Crippen molar-refractivity contribution in [3.05, 3.63) is 164 Å². The van der Waals surface area contributed by atoms with Crippen LogP contribution in [-0.2, 0) is 0 Å². The van der Waals surface area contributed by atoms with Crippen LogP contribution in [0.2, 0.25) is 0 Å². The zero-order chi connectivity index (χ0) is 34.6. The van der Waals surface area contributed by atoms with Gasteiger partial charge in [-0.1, -0.05) is 140 Å². The molecule has 0 unspecified atom stereocenters. The van der Waals surface area contributed by atoms with Gasteiger partial charge in [-0.3, -0.25) is 4.57 Å². The van der Waals surface area contributed by atoms with Crippen LogP contribution in [-0.4, -0.2) is 14.5 Å². The van der Waals surface area contributed by atoms with Crippen LogP contribution in [0.3, 0.4) is 0 Å². The minimum absolute atomic E-state index is 0.653. The summed E-state index contributed by atoms with van der Waals surface area (Å²) in [5.74, 6) is 0.653. The number of nitrogens with zero attached hydrogens (tertiary/aromatic N) is 3. The highest BCUT2D eigenvalue weighted by Crippen LogP contribution is 2.44. The molecule has 0 bridgehead atoms. The molecular weight excluding hydrogens is 667 g/mol. The highest BCUT2D eigenvalue weighted by Gasteiger charge is 2.23. The highest BCUT2D eigenvalue weighted by atomic mass is 32.1. The van der Waals surface area contributed by atoms with Crippen LogP contribution in [0, 0.1) is 0 Å². The number of hydrogen-bond acceptors (Lipinski definition) is 4. The van der Waals surface area contributed by atoms with E-state index in [2.05, 4.69) is 168 Å². The van der Waals surface area contributed by atoms with E-state index in [0.29, 0.717) is 5.95 Å². The molecule has 0 N–H and O–H groups in total. The molecular formula is C48H27N3OS. The SMILES string of the molecule is c1ccc(-c2nc(-n3c4c(-c5ccc6c(c5)oc5ccc7ccccc7c56)cccc4c4ccc5ccccc5c43)nc3c2sc2ccccc23)cc1. The van der Waals surface area contributed by atoms with Crippen molar-refractivity contribution >= 4 is 96.9 Å². The van der Waals surface area contributed by atoms with Gasteiger partial charge < -0.3 is 4.42 Å². The fourth-order valence-corrected chi connectivity index (χ4v) is 9.60. The van der Waals surface area contributed by atoms with E-state index in [1.807, 2.05) is 0 Å². The smallest absolute Gasteiger partial charge is 0.235 e. The van der Waals surface area contributed by atoms with Gasteiger partial charge in [0.1, 0.15) is 11.2 Å². The second kappa shape index (κ2) is 10.8. The third kappa shape index (κ3) is 4.11. The van der Waals surface area contributed by atoms with Crippen LogP contribution in [0.25, 0.3) is 114 Å². The largest absolute Gasteiger partial charge is 0.456 e. The van der Waals surface area contributed by atoms with Gasteiger partial charge in [-0.25, -0.2) is 9.97 Å². The summed E-state index contributed by atoms with van der Waals surface area (Å²) in [6, 6.07) is 58.2. The van der Waals surface area contributed by atoms with Crippen LogP contribution >= 0.6 is 11.3 Å². The predicted octanol–water partition coefficient (Wildman–Crippen LogP) is 13.5. The maximum Gasteiger partial charge on any atom is 0.235 e. The molecule has 246 valence electrons. The first-order valence-corrected chi connectivity index (χ1v) is 18.6. The van der Waals surface area contributed by atoms with E-state index < -0.39 is 0 Å². The molecule has 0 amide bonds. The molecule has 4 nitrogen and oxygen atoms in total. The molecule has 0 fully saturated rings. The minimum atomic E-state index is 0.653. The standard InChI is InChI=1S/C48H27N3OS/c1-2-13-30(14-3-1)43-47-44(38-17-8-9-20-41(38)53-47)50-48(49-43)51-45-33-16-7-5-12-29(33)21-24-36(45)35-19-10-18-34(46(35)51)31-22-25-37-40(27-31)52-39-26-23-28-11-4-6-15-32(28)42(37)39/h1-27H. The lowest BCUT2D eigenvalue weighted by atomic mass is 9.99. The van der Waals surface area contributed by atoms with E-state index in [9.17, 15) is 0 Å². The summed E-state index contributed by atoms with van der Waals surface area (Å²) in [5, 5.41) is 10.5. The zero-order valence-corrected chi connectivity index (χ0v) is 29.1. The first-order chi connectivity index (χ1) is 26.3. The Hall–Kier alpha value is -6.82. The van der Waals surface area contributed by atoms with Gasteiger partial charge in [0.25, 0.3) is 0 Å². The molecule has 12 aromatic rings. The first kappa shape index (κ1) is 28.8. The molecule has 53 heavy (non-hydrogen) atoms. The van der Waals surface area contributed by atoms with Crippen molar-refractivity contribution in [1.82, 2.24) is 14.5 Å². The van der Waals surface area contributed by atoms with Gasteiger partial charge in [-0.05, 0) is 46.0 Å². The summed E-state index contributed by atoms with van der Waals surface area (Å²) >= 11 is 1.76.